The van der Waals surface area contributed by atoms with Crippen molar-refractivity contribution in [3.05, 3.63) is 65.2 Å². The predicted octanol–water partition coefficient (Wildman–Crippen LogP) is 3.81. The van der Waals surface area contributed by atoms with Crippen LogP contribution < -0.4 is 4.74 Å². The highest BCUT2D eigenvalue weighted by atomic mass is 16.5. The van der Waals surface area contributed by atoms with Crippen molar-refractivity contribution >= 4 is 0 Å². The second kappa shape index (κ2) is 7.12. The first-order valence-corrected chi connectivity index (χ1v) is 6.88. The minimum Gasteiger partial charge on any atom is -0.494 e. The molecule has 0 amide bonds. The van der Waals surface area contributed by atoms with Gasteiger partial charge in [0.15, 0.2) is 0 Å². The van der Waals surface area contributed by atoms with E-state index in [-0.39, 0.29) is 5.92 Å². The minimum atomic E-state index is -0.212. The molecule has 0 heterocycles. The number of hydrogen-bond donors (Lipinski definition) is 0. The fourth-order valence-corrected chi connectivity index (χ4v) is 2.15. The molecular formula is C18H16N2O. The van der Waals surface area contributed by atoms with Gasteiger partial charge in [0.1, 0.15) is 5.75 Å². The maximum absolute atomic E-state index is 9.37. The zero-order valence-corrected chi connectivity index (χ0v) is 11.9. The number of nitriles is 2. The molecule has 0 aromatic heterocycles. The molecule has 0 saturated heterocycles. The van der Waals surface area contributed by atoms with Crippen LogP contribution in [0.1, 0.15) is 29.5 Å². The zero-order chi connectivity index (χ0) is 15.1. The Labute approximate surface area is 125 Å². The molecule has 2 rings (SSSR count). The smallest absolute Gasteiger partial charge is 0.119 e. The normalized spacial score (nSPS) is 11.2. The van der Waals surface area contributed by atoms with Gasteiger partial charge in [0.2, 0.25) is 0 Å². The predicted molar refractivity (Wildman–Crippen MR) is 80.8 cm³/mol. The van der Waals surface area contributed by atoms with Gasteiger partial charge in [-0.15, -0.1) is 0 Å². The zero-order valence-electron chi connectivity index (χ0n) is 11.9. The molecule has 104 valence electrons. The van der Waals surface area contributed by atoms with E-state index in [2.05, 4.69) is 12.1 Å². The van der Waals surface area contributed by atoms with Crippen LogP contribution in [0.4, 0.5) is 0 Å². The van der Waals surface area contributed by atoms with Crippen LogP contribution in [0.25, 0.3) is 0 Å². The van der Waals surface area contributed by atoms with Gasteiger partial charge in [-0.1, -0.05) is 24.3 Å². The average Bonchev–Trinajstić information content (AvgIpc) is 2.54. The lowest BCUT2D eigenvalue weighted by atomic mass is 9.93. The summed E-state index contributed by atoms with van der Waals surface area (Å²) in [7, 11) is 0. The summed E-state index contributed by atoms with van der Waals surface area (Å²) in [5.74, 6) is 0.629. The van der Waals surface area contributed by atoms with Crippen LogP contribution >= 0.6 is 0 Å². The van der Waals surface area contributed by atoms with Crippen LogP contribution in [0.3, 0.4) is 0 Å². The van der Waals surface area contributed by atoms with Crippen molar-refractivity contribution in [3.63, 3.8) is 0 Å². The molecule has 2 aromatic carbocycles. The van der Waals surface area contributed by atoms with Crippen LogP contribution in [-0.4, -0.2) is 6.61 Å². The van der Waals surface area contributed by atoms with E-state index in [9.17, 15) is 5.26 Å². The Kier molecular flexibility index (Phi) is 4.96. The van der Waals surface area contributed by atoms with Crippen LogP contribution in [-0.2, 0) is 6.42 Å². The number of rotatable bonds is 5. The topological polar surface area (TPSA) is 56.8 Å². The molecule has 0 bridgehead atoms. The molecule has 0 aliphatic carbocycles. The Bertz CT molecular complexity index is 660. The van der Waals surface area contributed by atoms with E-state index in [1.54, 1.807) is 12.1 Å². The third kappa shape index (κ3) is 3.84. The SMILES string of the molecule is CCOc1ccc(CC(C#N)c2ccc(C#N)cc2)cc1. The van der Waals surface area contributed by atoms with E-state index in [1.807, 2.05) is 43.3 Å². The standard InChI is InChI=1S/C18H16N2O/c1-2-21-18-9-5-14(6-10-18)11-17(13-20)16-7-3-15(12-19)4-8-16/h3-10,17H,2,11H2,1H3. The summed E-state index contributed by atoms with van der Waals surface area (Å²) in [6.45, 7) is 2.59. The van der Waals surface area contributed by atoms with Gasteiger partial charge in [0.25, 0.3) is 0 Å². The highest BCUT2D eigenvalue weighted by Crippen LogP contribution is 2.22. The first-order chi connectivity index (χ1) is 10.3. The minimum absolute atomic E-state index is 0.212. The second-order valence-corrected chi connectivity index (χ2v) is 4.70. The van der Waals surface area contributed by atoms with Crippen LogP contribution in [0.15, 0.2) is 48.5 Å². The monoisotopic (exact) mass is 276 g/mol. The Morgan fingerprint density at radius 1 is 1.00 bits per heavy atom. The van der Waals surface area contributed by atoms with Crippen molar-refractivity contribution in [2.75, 3.05) is 6.61 Å². The van der Waals surface area contributed by atoms with E-state index in [0.29, 0.717) is 18.6 Å². The summed E-state index contributed by atoms with van der Waals surface area (Å²) in [6.07, 6.45) is 0.648. The molecule has 3 nitrogen and oxygen atoms in total. The number of nitrogens with zero attached hydrogens (tertiary/aromatic N) is 2. The highest BCUT2D eigenvalue weighted by Gasteiger charge is 2.11. The molecule has 21 heavy (non-hydrogen) atoms. The van der Waals surface area contributed by atoms with Gasteiger partial charge in [-0.25, -0.2) is 0 Å². The summed E-state index contributed by atoms with van der Waals surface area (Å²) in [5.41, 5.74) is 2.64. The Balaban J connectivity index is 2.11. The van der Waals surface area contributed by atoms with Gasteiger partial charge in [0.05, 0.1) is 30.2 Å². The third-order valence-corrected chi connectivity index (χ3v) is 3.27. The highest BCUT2D eigenvalue weighted by molar-refractivity contribution is 5.36. The van der Waals surface area contributed by atoms with E-state index in [4.69, 9.17) is 10.00 Å². The quantitative estimate of drug-likeness (QED) is 0.834. The van der Waals surface area contributed by atoms with Gasteiger partial charge in [-0.3, -0.25) is 0 Å². The summed E-state index contributed by atoms with van der Waals surface area (Å²) in [5, 5.41) is 18.2. The van der Waals surface area contributed by atoms with Crippen LogP contribution in [0.2, 0.25) is 0 Å². The summed E-state index contributed by atoms with van der Waals surface area (Å²) in [4.78, 5) is 0. The van der Waals surface area contributed by atoms with E-state index < -0.39 is 0 Å². The van der Waals surface area contributed by atoms with Gasteiger partial charge >= 0.3 is 0 Å². The number of hydrogen-bond acceptors (Lipinski definition) is 3. The van der Waals surface area contributed by atoms with Gasteiger partial charge in [0, 0.05) is 0 Å². The van der Waals surface area contributed by atoms with Crippen molar-refractivity contribution in [1.82, 2.24) is 0 Å². The van der Waals surface area contributed by atoms with Crippen molar-refractivity contribution in [3.8, 4) is 17.9 Å². The molecule has 0 fully saturated rings. The third-order valence-electron chi connectivity index (χ3n) is 3.27. The molecular weight excluding hydrogens is 260 g/mol. The maximum atomic E-state index is 9.37. The molecule has 0 aliphatic rings. The van der Waals surface area contributed by atoms with Crippen molar-refractivity contribution < 1.29 is 4.74 Å². The summed E-state index contributed by atoms with van der Waals surface area (Å²) in [6, 6.07) is 19.4. The first-order valence-electron chi connectivity index (χ1n) is 6.88. The van der Waals surface area contributed by atoms with Crippen molar-refractivity contribution in [1.29, 1.82) is 10.5 Å². The van der Waals surface area contributed by atoms with E-state index in [0.717, 1.165) is 16.9 Å². The van der Waals surface area contributed by atoms with Gasteiger partial charge < -0.3 is 4.74 Å². The Morgan fingerprint density at radius 2 is 1.67 bits per heavy atom. The average molecular weight is 276 g/mol. The summed E-state index contributed by atoms with van der Waals surface area (Å²) < 4.78 is 5.41. The molecule has 0 radical (unpaired) electrons. The van der Waals surface area contributed by atoms with Gasteiger partial charge in [-0.05, 0) is 48.7 Å². The largest absolute Gasteiger partial charge is 0.494 e. The van der Waals surface area contributed by atoms with Crippen molar-refractivity contribution in [2.45, 2.75) is 19.3 Å². The van der Waals surface area contributed by atoms with E-state index in [1.165, 1.54) is 0 Å². The first kappa shape index (κ1) is 14.6. The van der Waals surface area contributed by atoms with Crippen molar-refractivity contribution in [2.24, 2.45) is 0 Å². The molecule has 1 atom stereocenters. The fraction of sp³-hybridized carbons (Fsp3) is 0.222. The Hall–Kier alpha value is -2.78. The molecule has 2 aromatic rings. The van der Waals surface area contributed by atoms with E-state index >= 15 is 0 Å². The molecule has 0 aliphatic heterocycles. The number of ether oxygens (including phenoxy) is 1. The fourth-order valence-electron chi connectivity index (χ4n) is 2.15. The lowest BCUT2D eigenvalue weighted by Crippen LogP contribution is -2.01. The summed E-state index contributed by atoms with van der Waals surface area (Å²) >= 11 is 0. The molecule has 0 N–H and O–H groups in total. The molecule has 0 spiro atoms. The lowest BCUT2D eigenvalue weighted by molar-refractivity contribution is 0.340. The Morgan fingerprint density at radius 3 is 2.19 bits per heavy atom. The lowest BCUT2D eigenvalue weighted by Gasteiger charge is -2.10. The number of benzene rings is 2. The molecule has 1 unspecified atom stereocenters. The van der Waals surface area contributed by atoms with Gasteiger partial charge in [-0.2, -0.15) is 10.5 Å². The molecule has 0 saturated carbocycles. The molecule has 3 heteroatoms. The van der Waals surface area contributed by atoms with Crippen LogP contribution in [0, 0.1) is 22.7 Å². The maximum Gasteiger partial charge on any atom is 0.119 e. The second-order valence-electron chi connectivity index (χ2n) is 4.70. The van der Waals surface area contributed by atoms with Crippen LogP contribution in [0.5, 0.6) is 5.75 Å².